The average Bonchev–Trinajstić information content (AvgIpc) is 3.83. The van der Waals surface area contributed by atoms with Gasteiger partial charge in [-0.2, -0.15) is 0 Å². The van der Waals surface area contributed by atoms with Crippen molar-refractivity contribution in [3.63, 3.8) is 0 Å². The maximum atomic E-state index is 15.0. The number of anilines is 1. The Hall–Kier alpha value is -4.80. The first-order valence-corrected chi connectivity index (χ1v) is 18.8. The van der Waals surface area contributed by atoms with E-state index in [9.17, 15) is 24.3 Å². The number of amides is 3. The van der Waals surface area contributed by atoms with E-state index < -0.39 is 47.7 Å². The molecular formula is C43H51N3O7. The molecule has 3 fully saturated rings. The molecule has 3 saturated heterocycles. The van der Waals surface area contributed by atoms with Gasteiger partial charge in [-0.15, -0.1) is 13.2 Å². The van der Waals surface area contributed by atoms with Gasteiger partial charge in [-0.1, -0.05) is 72.8 Å². The van der Waals surface area contributed by atoms with Crippen molar-refractivity contribution < 1.29 is 33.8 Å². The van der Waals surface area contributed by atoms with Crippen molar-refractivity contribution in [2.24, 2.45) is 11.8 Å². The van der Waals surface area contributed by atoms with Crippen molar-refractivity contribution >= 4 is 40.2 Å². The van der Waals surface area contributed by atoms with Crippen LogP contribution in [0.5, 0.6) is 0 Å². The predicted molar refractivity (Wildman–Crippen MR) is 204 cm³/mol. The van der Waals surface area contributed by atoms with E-state index in [4.69, 9.17) is 9.47 Å². The highest BCUT2D eigenvalue weighted by atomic mass is 16.6. The first kappa shape index (κ1) is 37.9. The maximum absolute atomic E-state index is 15.0. The van der Waals surface area contributed by atoms with Gasteiger partial charge in [0.2, 0.25) is 11.8 Å². The number of rotatable bonds is 17. The lowest BCUT2D eigenvalue weighted by molar-refractivity contribution is -0.164. The molecule has 3 aromatic rings. The number of esters is 1. The van der Waals surface area contributed by atoms with E-state index in [1.165, 1.54) is 0 Å². The maximum Gasteiger partial charge on any atom is 0.313 e. The number of hydrogen-bond acceptors (Lipinski definition) is 7. The first-order valence-electron chi connectivity index (χ1n) is 18.8. The highest BCUT2D eigenvalue weighted by Gasteiger charge is 2.75. The number of nitrogens with zero attached hydrogens (tertiary/aromatic N) is 3. The zero-order chi connectivity index (χ0) is 37.7. The van der Waals surface area contributed by atoms with Gasteiger partial charge in [0, 0.05) is 38.9 Å². The summed E-state index contributed by atoms with van der Waals surface area (Å²) in [5, 5.41) is 11.5. The third-order valence-electron chi connectivity index (χ3n) is 11.4. The highest BCUT2D eigenvalue weighted by Crippen LogP contribution is 2.59. The molecule has 1 spiro atoms. The summed E-state index contributed by atoms with van der Waals surface area (Å²) < 4.78 is 13.1. The van der Waals surface area contributed by atoms with Crippen LogP contribution >= 0.6 is 0 Å². The summed E-state index contributed by atoms with van der Waals surface area (Å²) in [6, 6.07) is 21.6. The van der Waals surface area contributed by atoms with Gasteiger partial charge in [-0.05, 0) is 73.9 Å². The average molecular weight is 722 g/mol. The topological polar surface area (TPSA) is 117 Å². The van der Waals surface area contributed by atoms with Crippen molar-refractivity contribution in [3.05, 3.63) is 104 Å². The van der Waals surface area contributed by atoms with Crippen molar-refractivity contribution in [2.75, 3.05) is 31.6 Å². The van der Waals surface area contributed by atoms with Gasteiger partial charge in [0.1, 0.15) is 17.7 Å². The van der Waals surface area contributed by atoms with Gasteiger partial charge in [0.25, 0.3) is 5.91 Å². The fourth-order valence-corrected chi connectivity index (χ4v) is 8.58. The Morgan fingerprint density at radius 3 is 2.47 bits per heavy atom. The van der Waals surface area contributed by atoms with Gasteiger partial charge in [-0.25, -0.2) is 0 Å². The molecule has 7 atom stereocenters. The first-order chi connectivity index (χ1) is 25.7. The number of carbonyl (C=O) groups is 4. The number of ether oxygens (including phenoxy) is 2. The summed E-state index contributed by atoms with van der Waals surface area (Å²) in [7, 11) is 1.70. The number of unbranched alkanes of at least 4 members (excludes halogenated alkanes) is 2. The van der Waals surface area contributed by atoms with E-state index in [1.54, 1.807) is 33.9 Å². The van der Waals surface area contributed by atoms with Gasteiger partial charge in [-0.3, -0.25) is 19.2 Å². The van der Waals surface area contributed by atoms with Crippen LogP contribution in [0.15, 0.2) is 98.1 Å². The molecule has 0 aliphatic carbocycles. The second kappa shape index (κ2) is 16.5. The zero-order valence-corrected chi connectivity index (χ0v) is 30.8. The largest absolute Gasteiger partial charge is 0.455 e. The summed E-state index contributed by atoms with van der Waals surface area (Å²) >= 11 is 0. The van der Waals surface area contributed by atoms with E-state index in [0.717, 1.165) is 16.3 Å². The molecule has 3 aromatic carbocycles. The fraction of sp³-hybridized carbons (Fsp3) is 0.442. The second-order valence-corrected chi connectivity index (χ2v) is 14.5. The van der Waals surface area contributed by atoms with Crippen LogP contribution in [0.25, 0.3) is 10.8 Å². The van der Waals surface area contributed by atoms with Crippen molar-refractivity contribution in [1.82, 2.24) is 9.80 Å². The Labute approximate surface area is 312 Å². The number of benzene rings is 3. The standard InChI is InChI=1S/C43H51N3O7/c1-5-7-20-35(48)44(4)29(3)38(31-17-10-8-11-18-31)52-42(51)36-34-23-24-43(53-34)37(36)40(49)46(26-14-9-15-27-47)39(43)41(50)45(25-6-2)33-22-21-30-16-12-13-19-32(30)28-33/h5-6,8,10-13,16-19,21-22,28-29,34,36-39,47H,1-2,7,9,14-15,20,23-27H2,3-4H3/t29-,34-,36+,37+,38+,39-,43+/m1/s1. The SMILES string of the molecule is C=CCCC(=O)N(C)[C@H](C)[C@H](OC(=O)[C@@H]1[C@H]2C(=O)N(CCCCCO)[C@H](C(=O)N(CC=C)c3ccc4ccccc4c3)[C@]23CC[C@H]1O3)c1ccccc1. The van der Waals surface area contributed by atoms with E-state index in [2.05, 4.69) is 13.2 Å². The van der Waals surface area contributed by atoms with Crippen LogP contribution in [0.1, 0.15) is 63.5 Å². The van der Waals surface area contributed by atoms with Crippen LogP contribution in [0, 0.1) is 11.8 Å². The number of likely N-dealkylation sites (N-methyl/N-ethyl adjacent to an activating group) is 1. The van der Waals surface area contributed by atoms with E-state index in [1.807, 2.05) is 79.7 Å². The van der Waals surface area contributed by atoms with Crippen molar-refractivity contribution in [2.45, 2.75) is 81.8 Å². The summed E-state index contributed by atoms with van der Waals surface area (Å²) in [6.07, 6.45) is 5.53. The Morgan fingerprint density at radius 1 is 1.02 bits per heavy atom. The number of carbonyl (C=O) groups excluding carboxylic acids is 4. The molecule has 53 heavy (non-hydrogen) atoms. The summed E-state index contributed by atoms with van der Waals surface area (Å²) in [4.78, 5) is 62.1. The Balaban J connectivity index is 1.33. The fourth-order valence-electron chi connectivity index (χ4n) is 8.58. The van der Waals surface area contributed by atoms with E-state index in [0.29, 0.717) is 44.2 Å². The molecule has 2 bridgehead atoms. The van der Waals surface area contributed by atoms with Crippen molar-refractivity contribution in [1.29, 1.82) is 0 Å². The molecule has 0 unspecified atom stereocenters. The molecule has 1 N–H and O–H groups in total. The molecular weight excluding hydrogens is 670 g/mol. The number of hydrogen-bond donors (Lipinski definition) is 1. The zero-order valence-electron chi connectivity index (χ0n) is 30.8. The molecule has 3 amide bonds. The molecule has 10 heteroatoms. The van der Waals surface area contributed by atoms with Crippen molar-refractivity contribution in [3.8, 4) is 0 Å². The van der Waals surface area contributed by atoms with Gasteiger partial charge in [0.15, 0.2) is 0 Å². The third-order valence-corrected chi connectivity index (χ3v) is 11.4. The number of fused-ring (bicyclic) bond motifs is 2. The van der Waals surface area contributed by atoms with Gasteiger partial charge >= 0.3 is 5.97 Å². The lowest BCUT2D eigenvalue weighted by Gasteiger charge is -2.37. The molecule has 6 rings (SSSR count). The highest BCUT2D eigenvalue weighted by molar-refractivity contribution is 6.05. The van der Waals surface area contributed by atoms with Gasteiger partial charge in [0.05, 0.1) is 24.0 Å². The quantitative estimate of drug-likeness (QED) is 0.103. The van der Waals surface area contributed by atoms with Gasteiger partial charge < -0.3 is 29.3 Å². The lowest BCUT2D eigenvalue weighted by Crippen LogP contribution is -2.56. The minimum absolute atomic E-state index is 0.0344. The normalized spacial score (nSPS) is 24.1. The minimum Gasteiger partial charge on any atom is -0.455 e. The molecule has 3 heterocycles. The van der Waals surface area contributed by atoms with Crippen LogP contribution in [0.3, 0.4) is 0 Å². The summed E-state index contributed by atoms with van der Waals surface area (Å²) in [5.41, 5.74) is 0.180. The molecule has 280 valence electrons. The minimum atomic E-state index is -1.22. The lowest BCUT2D eigenvalue weighted by atomic mass is 9.70. The summed E-state index contributed by atoms with van der Waals surface area (Å²) in [5.74, 6) is -3.10. The molecule has 10 nitrogen and oxygen atoms in total. The molecule has 0 aromatic heterocycles. The van der Waals surface area contributed by atoms with E-state index in [-0.39, 0.29) is 43.8 Å². The number of aliphatic hydroxyl groups excluding tert-OH is 1. The van der Waals surface area contributed by atoms with Crippen LogP contribution in [0.4, 0.5) is 5.69 Å². The smallest absolute Gasteiger partial charge is 0.313 e. The Kier molecular flexibility index (Phi) is 11.8. The van der Waals surface area contributed by atoms with Crippen LogP contribution < -0.4 is 4.90 Å². The monoisotopic (exact) mass is 721 g/mol. The van der Waals surface area contributed by atoms with E-state index >= 15 is 0 Å². The molecule has 3 aliphatic rings. The number of likely N-dealkylation sites (tertiary alicyclic amines) is 1. The van der Waals surface area contributed by atoms with Crippen LogP contribution in [0.2, 0.25) is 0 Å². The van der Waals surface area contributed by atoms with Crippen LogP contribution in [-0.2, 0) is 28.7 Å². The van der Waals surface area contributed by atoms with Crippen LogP contribution in [-0.4, -0.2) is 89.1 Å². The predicted octanol–water partition coefficient (Wildman–Crippen LogP) is 5.99. The molecule has 0 radical (unpaired) electrons. The molecule has 0 saturated carbocycles. The summed E-state index contributed by atoms with van der Waals surface area (Å²) in [6.45, 7) is 10.0. The second-order valence-electron chi connectivity index (χ2n) is 14.5. The third kappa shape index (κ3) is 7.27. The Bertz CT molecular complexity index is 1830. The number of aliphatic hydroxyl groups is 1. The Morgan fingerprint density at radius 2 is 1.75 bits per heavy atom. The number of allylic oxidation sites excluding steroid dienone is 1. The molecule has 3 aliphatic heterocycles.